The van der Waals surface area contributed by atoms with Crippen molar-refractivity contribution < 1.29 is 55.0 Å². The molecule has 5 aromatic rings. The number of fused-ring (bicyclic) bond motifs is 5. The van der Waals surface area contributed by atoms with Gasteiger partial charge in [-0.15, -0.1) is 0 Å². The summed E-state index contributed by atoms with van der Waals surface area (Å²) in [5.41, 5.74) is 11.1. The Morgan fingerprint density at radius 1 is 0.420 bits per heavy atom. The van der Waals surface area contributed by atoms with E-state index in [0.29, 0.717) is 58.6 Å². The molecule has 12 nitrogen and oxygen atoms in total. The summed E-state index contributed by atoms with van der Waals surface area (Å²) in [4.78, 5) is 20.3. The molecule has 1 radical (unpaired) electrons. The Morgan fingerprint density at radius 2 is 0.826 bits per heavy atom. The molecule has 0 spiro atoms. The van der Waals surface area contributed by atoms with Crippen molar-refractivity contribution in [2.24, 2.45) is 15.0 Å². The molecular formula is C56H54FeN4O8+3. The molecule has 8 bridgehead atoms. The van der Waals surface area contributed by atoms with E-state index >= 15 is 0 Å². The van der Waals surface area contributed by atoms with Crippen molar-refractivity contribution in [3.05, 3.63) is 190 Å². The predicted octanol–water partition coefficient (Wildman–Crippen LogP) is 7.75. The first kappa shape index (κ1) is 48.6. The van der Waals surface area contributed by atoms with Gasteiger partial charge in [0, 0.05) is 61.4 Å². The minimum atomic E-state index is -0.415. The number of aromatic amines is 1. The third-order valence-corrected chi connectivity index (χ3v) is 11.6. The van der Waals surface area contributed by atoms with Gasteiger partial charge in [0.05, 0.1) is 61.0 Å². The zero-order valence-corrected chi connectivity index (χ0v) is 40.2. The number of aliphatic imine (C=N–C) groups is 3. The molecule has 13 heteroatoms. The second-order valence-electron chi connectivity index (χ2n) is 16.1. The summed E-state index contributed by atoms with van der Waals surface area (Å²) >= 11 is 0. The Morgan fingerprint density at radius 3 is 1.29 bits per heavy atom. The van der Waals surface area contributed by atoms with E-state index in [1.165, 1.54) is 0 Å². The van der Waals surface area contributed by atoms with E-state index in [9.17, 15) is 0 Å². The minimum absolute atomic E-state index is 0. The molecule has 69 heavy (non-hydrogen) atoms. The van der Waals surface area contributed by atoms with Crippen molar-refractivity contribution in [1.82, 2.24) is 4.98 Å². The van der Waals surface area contributed by atoms with Crippen LogP contribution in [0.1, 0.15) is 22.3 Å². The zero-order valence-electron chi connectivity index (χ0n) is 39.1. The van der Waals surface area contributed by atoms with E-state index in [1.807, 2.05) is 72.8 Å². The van der Waals surface area contributed by atoms with Crippen molar-refractivity contribution in [1.29, 1.82) is 0 Å². The molecule has 1 N–H and O–H groups in total. The van der Waals surface area contributed by atoms with Crippen LogP contribution in [0.2, 0.25) is 0 Å². The number of allylic oxidation sites excluding steroid dienone is 6. The fourth-order valence-electron chi connectivity index (χ4n) is 8.43. The number of hydrogen-bond acceptors (Lipinski definition) is 11. The number of nitrogens with one attached hydrogen (secondary N) is 1. The molecule has 1 aromatic heterocycles. The van der Waals surface area contributed by atoms with Gasteiger partial charge in [0.1, 0.15) is 49.4 Å². The van der Waals surface area contributed by atoms with Gasteiger partial charge in [0.2, 0.25) is 0 Å². The number of aromatic nitrogens is 1. The Kier molecular flexibility index (Phi) is 16.5. The summed E-state index contributed by atoms with van der Waals surface area (Å²) in [6, 6.07) is 36.1. The third-order valence-electron chi connectivity index (χ3n) is 11.6. The Balaban J connectivity index is 0.00000642. The van der Waals surface area contributed by atoms with Crippen molar-refractivity contribution in [3.8, 4) is 23.0 Å². The molecule has 1 unspecified atom stereocenters. The fourth-order valence-corrected chi connectivity index (χ4v) is 8.43. The number of benzene rings is 4. The Hall–Kier alpha value is -6.83. The van der Waals surface area contributed by atoms with Gasteiger partial charge in [0.25, 0.3) is 0 Å². The summed E-state index contributed by atoms with van der Waals surface area (Å²) in [5.74, 6) is 2.88. The molecule has 0 saturated heterocycles. The van der Waals surface area contributed by atoms with Crippen molar-refractivity contribution in [2.45, 2.75) is 6.04 Å². The quantitative estimate of drug-likeness (QED) is 0.0621. The summed E-state index contributed by atoms with van der Waals surface area (Å²) in [6.07, 6.45) is 12.5. The van der Waals surface area contributed by atoms with Crippen LogP contribution in [0.25, 0.3) is 22.3 Å². The van der Waals surface area contributed by atoms with Crippen LogP contribution < -0.4 is 29.6 Å². The average Bonchev–Trinajstić information content (AvgIpc) is 4.21. The van der Waals surface area contributed by atoms with E-state index in [-0.39, 0.29) is 17.1 Å². The van der Waals surface area contributed by atoms with Crippen LogP contribution in [0, 0.1) is 0 Å². The average molecular weight is 967 g/mol. The predicted molar refractivity (Wildman–Crippen MR) is 268 cm³/mol. The van der Waals surface area contributed by atoms with Gasteiger partial charge in [-0.25, -0.2) is 9.98 Å². The molecule has 5 heterocycles. The van der Waals surface area contributed by atoms with E-state index < -0.39 is 6.04 Å². The summed E-state index contributed by atoms with van der Waals surface area (Å²) in [5, 5.41) is 1.71. The smallest absolute Gasteiger partial charge is 0.491 e. The summed E-state index contributed by atoms with van der Waals surface area (Å²) in [6.45, 7) is 3.52. The van der Waals surface area contributed by atoms with Crippen molar-refractivity contribution in [2.75, 3.05) is 81.3 Å². The minimum Gasteiger partial charge on any atom is -0.491 e. The first-order chi connectivity index (χ1) is 33.5. The largest absolute Gasteiger partial charge is 3.00 e. The number of nitrogens with zero attached hydrogens (tertiary/aromatic N) is 3. The molecular weight excluding hydrogens is 912 g/mol. The van der Waals surface area contributed by atoms with Crippen molar-refractivity contribution in [3.63, 3.8) is 0 Å². The van der Waals surface area contributed by atoms with Crippen LogP contribution in [0.3, 0.4) is 0 Å². The number of hydrogen-bond donors (Lipinski definition) is 1. The first-order valence-electron chi connectivity index (χ1n) is 22.6. The van der Waals surface area contributed by atoms with Gasteiger partial charge in [0.15, 0.2) is 0 Å². The number of ether oxygens (including phenoxy) is 8. The summed E-state index contributed by atoms with van der Waals surface area (Å²) < 4.78 is 45.7. The standard InChI is InChI=1S/C56H54N4O8.Fe/c1-61-25-29-65-41-13-5-9-37(33-41)53-45-17-19-47(57-45)54(38-10-6-14-42(34-38)66-30-26-62-2)49-21-23-51(59-49)56(40-12-8-16-44(36-40)68-32-28-64-4)52-24-22-50(60-52)55(48-20-18-46(53)58-48)39-11-7-15-43(35-39)67-31-27-63-3;/h5-24,33-36,45,60H,25-32H2,1-4H3;/q;+3/b53-46-,54-49-,55-50-,56-52-;. The molecule has 0 fully saturated rings. The topological polar surface area (TPSA) is 127 Å². The Labute approximate surface area is 412 Å². The molecule has 1 atom stereocenters. The van der Waals surface area contributed by atoms with E-state index in [1.54, 1.807) is 28.4 Å². The zero-order chi connectivity index (χ0) is 46.7. The molecule has 4 aliphatic heterocycles. The maximum atomic E-state index is 6.14. The molecule has 4 aliphatic rings. The maximum absolute atomic E-state index is 6.14. The van der Waals surface area contributed by atoms with Gasteiger partial charge < -0.3 is 42.9 Å². The number of methoxy groups -OCH3 is 4. The molecule has 0 aliphatic carbocycles. The second kappa shape index (κ2) is 23.5. The van der Waals surface area contributed by atoms with Gasteiger partial charge in [-0.1, -0.05) is 54.6 Å². The maximum Gasteiger partial charge on any atom is 3.00 e. The van der Waals surface area contributed by atoms with Gasteiger partial charge in [-0.3, -0.25) is 4.99 Å². The van der Waals surface area contributed by atoms with Gasteiger partial charge in [-0.2, -0.15) is 0 Å². The van der Waals surface area contributed by atoms with E-state index in [0.717, 1.165) is 101 Å². The van der Waals surface area contributed by atoms with Crippen LogP contribution in [0.4, 0.5) is 0 Å². The molecule has 0 saturated carbocycles. The van der Waals surface area contributed by atoms with Crippen LogP contribution in [0.15, 0.2) is 172 Å². The molecule has 0 amide bonds. The van der Waals surface area contributed by atoms with Crippen molar-refractivity contribution >= 4 is 39.4 Å². The molecule has 351 valence electrons. The van der Waals surface area contributed by atoms with Crippen LogP contribution >= 0.6 is 0 Å². The van der Waals surface area contributed by atoms with Gasteiger partial charge >= 0.3 is 17.1 Å². The van der Waals surface area contributed by atoms with Crippen LogP contribution in [0.5, 0.6) is 23.0 Å². The monoisotopic (exact) mass is 966 g/mol. The SMILES string of the molecule is COCCOc1cccc(/C2=C3\C=CC(=N3)/C(c3cccc(OCCOC)c3)=c3/cc/c([nH]3)=C(\c3cccc(OCCOC)c3)C3=N/C(=C(/c4cccc(OCCOC)c4)C4C=CC2=N4)C=C3)c1.[Fe+3]. The van der Waals surface area contributed by atoms with E-state index in [4.69, 9.17) is 52.9 Å². The molecule has 4 aromatic carbocycles. The normalized spacial score (nSPS) is 19.5. The van der Waals surface area contributed by atoms with Crippen LogP contribution in [-0.4, -0.2) is 109 Å². The molecule has 9 rings (SSSR count). The third kappa shape index (κ3) is 11.4. The van der Waals surface area contributed by atoms with Crippen LogP contribution in [-0.2, 0) is 36.0 Å². The summed E-state index contributed by atoms with van der Waals surface area (Å²) in [7, 11) is 6.66. The Bertz CT molecular complexity index is 3050. The fraction of sp³-hybridized carbons (Fsp3) is 0.232. The first-order valence-corrected chi connectivity index (χ1v) is 22.6. The number of H-pyrrole nitrogens is 1. The van der Waals surface area contributed by atoms with E-state index in [2.05, 4.69) is 77.8 Å². The second-order valence-corrected chi connectivity index (χ2v) is 16.1. The number of rotatable bonds is 20. The van der Waals surface area contributed by atoms with Gasteiger partial charge in [-0.05, 0) is 113 Å².